The second-order valence-corrected chi connectivity index (χ2v) is 8.72. The third kappa shape index (κ3) is 4.32. The fraction of sp³-hybridized carbons (Fsp3) is 0.125. The number of hydrogen-bond donors (Lipinski definition) is 1. The van der Waals surface area contributed by atoms with E-state index in [1.807, 2.05) is 29.7 Å². The van der Waals surface area contributed by atoms with Crippen LogP contribution >= 0.6 is 11.3 Å². The van der Waals surface area contributed by atoms with Crippen molar-refractivity contribution in [2.24, 2.45) is 0 Å². The molecule has 0 bridgehead atoms. The van der Waals surface area contributed by atoms with Gasteiger partial charge in [-0.2, -0.15) is 0 Å². The van der Waals surface area contributed by atoms with Crippen molar-refractivity contribution in [3.05, 3.63) is 83.1 Å². The molecule has 3 heterocycles. The van der Waals surface area contributed by atoms with E-state index in [-0.39, 0.29) is 11.7 Å². The highest BCUT2D eigenvalue weighted by Crippen LogP contribution is 2.36. The van der Waals surface area contributed by atoms with Crippen LogP contribution in [0.2, 0.25) is 0 Å². The minimum absolute atomic E-state index is 0.222. The van der Waals surface area contributed by atoms with E-state index in [1.54, 1.807) is 36.7 Å². The van der Waals surface area contributed by atoms with Crippen LogP contribution in [-0.2, 0) is 6.54 Å². The summed E-state index contributed by atoms with van der Waals surface area (Å²) in [5.41, 5.74) is 3.61. The summed E-state index contributed by atoms with van der Waals surface area (Å²) < 4.78 is 43.5. The third-order valence-corrected chi connectivity index (χ3v) is 6.16. The predicted octanol–water partition coefficient (Wildman–Crippen LogP) is 5.77. The van der Waals surface area contributed by atoms with Gasteiger partial charge < -0.3 is 10.1 Å². The number of aromatic nitrogens is 3. The van der Waals surface area contributed by atoms with Gasteiger partial charge in [-0.15, -0.1) is 24.5 Å². The van der Waals surface area contributed by atoms with Gasteiger partial charge in [-0.1, -0.05) is 0 Å². The molecular weight excluding hydrogens is 465 g/mol. The monoisotopic (exact) mass is 482 g/mol. The van der Waals surface area contributed by atoms with Crippen molar-refractivity contribution >= 4 is 38.5 Å². The highest BCUT2D eigenvalue weighted by atomic mass is 32.1. The lowest BCUT2D eigenvalue weighted by atomic mass is 10.1. The van der Waals surface area contributed by atoms with E-state index in [4.69, 9.17) is 0 Å². The number of hydrogen-bond acceptors (Lipinski definition) is 5. The van der Waals surface area contributed by atoms with Gasteiger partial charge in [0.25, 0.3) is 5.91 Å². The molecule has 0 saturated carbocycles. The molecule has 1 N–H and O–H groups in total. The first-order valence-corrected chi connectivity index (χ1v) is 11.0. The van der Waals surface area contributed by atoms with Crippen molar-refractivity contribution in [3.8, 4) is 11.4 Å². The van der Waals surface area contributed by atoms with E-state index in [9.17, 15) is 18.0 Å². The molecule has 0 atom stereocenters. The number of carbonyl (C=O) groups is 1. The maximum atomic E-state index is 12.8. The highest BCUT2D eigenvalue weighted by Gasteiger charge is 2.31. The average Bonchev–Trinajstić information content (AvgIpc) is 3.32. The molecule has 1 amide bonds. The van der Waals surface area contributed by atoms with E-state index < -0.39 is 6.36 Å². The molecular formula is C24H17F3N4O2S. The number of alkyl halides is 3. The number of fused-ring (bicyclic) bond motifs is 3. The van der Waals surface area contributed by atoms with Crippen molar-refractivity contribution in [2.75, 3.05) is 0 Å². The quantitative estimate of drug-likeness (QED) is 0.345. The predicted molar refractivity (Wildman–Crippen MR) is 123 cm³/mol. The molecule has 0 aliphatic heterocycles. The van der Waals surface area contributed by atoms with Crippen LogP contribution in [0.15, 0.2) is 67.0 Å². The Hall–Kier alpha value is -3.92. The smallest absolute Gasteiger partial charge is 0.406 e. The molecule has 0 aliphatic carbocycles. The standard InChI is InChI=1S/C24H17F3N4O2S/c1-14-30-21-19-12-16(22(32)29-13-15-8-10-28-11-9-15)2-7-20(19)31(23(21)34-14)17-3-5-18(6-4-17)33-24(25,26)27/h2-12H,13H2,1H3,(H,29,32). The fourth-order valence-corrected chi connectivity index (χ4v) is 4.72. The molecule has 6 nitrogen and oxygen atoms in total. The minimum Gasteiger partial charge on any atom is -0.406 e. The van der Waals surface area contributed by atoms with E-state index in [0.717, 1.165) is 31.8 Å². The number of nitrogens with zero attached hydrogens (tertiary/aromatic N) is 3. The first-order valence-electron chi connectivity index (χ1n) is 10.2. The van der Waals surface area contributed by atoms with Crippen LogP contribution in [0.4, 0.5) is 13.2 Å². The second kappa shape index (κ2) is 8.45. The summed E-state index contributed by atoms with van der Waals surface area (Å²) in [7, 11) is 0. The number of amides is 1. The number of benzene rings is 2. The Kier molecular flexibility index (Phi) is 5.45. The van der Waals surface area contributed by atoms with Crippen LogP contribution in [-0.4, -0.2) is 26.8 Å². The van der Waals surface area contributed by atoms with E-state index in [0.29, 0.717) is 17.8 Å². The van der Waals surface area contributed by atoms with Gasteiger partial charge >= 0.3 is 6.36 Å². The largest absolute Gasteiger partial charge is 0.573 e. The summed E-state index contributed by atoms with van der Waals surface area (Å²) in [5.74, 6) is -0.516. The Labute approximate surface area is 195 Å². The van der Waals surface area contributed by atoms with Crippen LogP contribution < -0.4 is 10.1 Å². The van der Waals surface area contributed by atoms with Gasteiger partial charge in [-0.25, -0.2) is 4.98 Å². The van der Waals surface area contributed by atoms with Gasteiger partial charge in [0.15, 0.2) is 0 Å². The zero-order valence-electron chi connectivity index (χ0n) is 17.8. The Morgan fingerprint density at radius 1 is 1.09 bits per heavy atom. The van der Waals surface area contributed by atoms with E-state index in [2.05, 4.69) is 20.0 Å². The highest BCUT2D eigenvalue weighted by molar-refractivity contribution is 7.18. The number of ether oxygens (including phenoxy) is 1. The van der Waals surface area contributed by atoms with Gasteiger partial charge in [0.1, 0.15) is 16.1 Å². The van der Waals surface area contributed by atoms with Crippen LogP contribution in [0.25, 0.3) is 26.9 Å². The molecule has 5 aromatic rings. The molecule has 3 aromatic heterocycles. The van der Waals surface area contributed by atoms with Crippen molar-refractivity contribution in [3.63, 3.8) is 0 Å². The Morgan fingerprint density at radius 2 is 1.82 bits per heavy atom. The minimum atomic E-state index is -4.75. The molecule has 172 valence electrons. The van der Waals surface area contributed by atoms with Gasteiger partial charge in [-0.05, 0) is 67.1 Å². The Morgan fingerprint density at radius 3 is 2.53 bits per heavy atom. The van der Waals surface area contributed by atoms with E-state index in [1.165, 1.54) is 23.5 Å². The zero-order chi connectivity index (χ0) is 23.9. The number of carbonyl (C=O) groups excluding carboxylic acids is 1. The number of nitrogens with one attached hydrogen (secondary N) is 1. The topological polar surface area (TPSA) is 69.0 Å². The molecule has 0 unspecified atom stereocenters. The van der Waals surface area contributed by atoms with Crippen molar-refractivity contribution < 1.29 is 22.7 Å². The zero-order valence-corrected chi connectivity index (χ0v) is 18.6. The van der Waals surface area contributed by atoms with Gasteiger partial charge in [0, 0.05) is 35.6 Å². The lowest BCUT2D eigenvalue weighted by molar-refractivity contribution is -0.274. The lowest BCUT2D eigenvalue weighted by Crippen LogP contribution is -2.22. The molecule has 0 aliphatic rings. The summed E-state index contributed by atoms with van der Waals surface area (Å²) in [4.78, 5) is 22.2. The molecule has 5 rings (SSSR count). The molecule has 34 heavy (non-hydrogen) atoms. The van der Waals surface area contributed by atoms with Crippen LogP contribution in [0, 0.1) is 6.92 Å². The third-order valence-electron chi connectivity index (χ3n) is 5.20. The molecule has 2 aromatic carbocycles. The number of thiazole rings is 1. The van der Waals surface area contributed by atoms with Crippen LogP contribution in [0.1, 0.15) is 20.9 Å². The summed E-state index contributed by atoms with van der Waals surface area (Å²) in [6.45, 7) is 2.25. The molecule has 0 radical (unpaired) electrons. The normalized spacial score (nSPS) is 11.8. The fourth-order valence-electron chi connectivity index (χ4n) is 3.75. The molecule has 0 spiro atoms. The summed E-state index contributed by atoms with van der Waals surface area (Å²) in [5, 5.41) is 4.52. The summed E-state index contributed by atoms with van der Waals surface area (Å²) in [6, 6.07) is 14.7. The maximum absolute atomic E-state index is 12.8. The number of rotatable bonds is 5. The first-order chi connectivity index (χ1) is 16.3. The van der Waals surface area contributed by atoms with Crippen molar-refractivity contribution in [1.82, 2.24) is 19.9 Å². The average molecular weight is 482 g/mol. The van der Waals surface area contributed by atoms with Crippen LogP contribution in [0.5, 0.6) is 5.75 Å². The molecule has 0 saturated heterocycles. The summed E-state index contributed by atoms with van der Waals surface area (Å²) in [6.07, 6.45) is -1.42. The summed E-state index contributed by atoms with van der Waals surface area (Å²) >= 11 is 1.47. The Balaban J connectivity index is 1.51. The maximum Gasteiger partial charge on any atom is 0.573 e. The number of pyridine rings is 1. The number of halogens is 3. The second-order valence-electron chi connectivity index (χ2n) is 7.53. The van der Waals surface area contributed by atoms with E-state index >= 15 is 0 Å². The molecule has 0 fully saturated rings. The van der Waals surface area contributed by atoms with Crippen molar-refractivity contribution in [1.29, 1.82) is 0 Å². The van der Waals surface area contributed by atoms with Gasteiger partial charge in [0.05, 0.1) is 10.5 Å². The van der Waals surface area contributed by atoms with Crippen LogP contribution in [0.3, 0.4) is 0 Å². The molecule has 10 heteroatoms. The van der Waals surface area contributed by atoms with Gasteiger partial charge in [-0.3, -0.25) is 14.3 Å². The SMILES string of the molecule is Cc1nc2c3cc(C(=O)NCc4ccncc4)ccc3n(-c3ccc(OC(F)(F)F)cc3)c2s1. The van der Waals surface area contributed by atoms with Crippen molar-refractivity contribution in [2.45, 2.75) is 19.8 Å². The first kappa shape index (κ1) is 21.9. The Bertz CT molecular complexity index is 1490. The van der Waals surface area contributed by atoms with Gasteiger partial charge in [0.2, 0.25) is 0 Å². The number of aryl methyl sites for hydroxylation is 1. The lowest BCUT2D eigenvalue weighted by Gasteiger charge is -2.11.